The molecule has 1 saturated heterocycles. The number of likely N-dealkylation sites (N-methyl/N-ethyl adjacent to an activating group) is 1. The van der Waals surface area contributed by atoms with Gasteiger partial charge >= 0.3 is 0 Å². The van der Waals surface area contributed by atoms with E-state index in [9.17, 15) is 5.11 Å². The minimum absolute atomic E-state index is 0.380. The lowest BCUT2D eigenvalue weighted by Gasteiger charge is -2.31. The summed E-state index contributed by atoms with van der Waals surface area (Å²) >= 11 is 0. The number of ether oxygens (including phenoxy) is 1. The molecule has 0 aliphatic carbocycles. The first-order valence-electron chi connectivity index (χ1n) is 6.33. The Bertz CT molecular complexity index is 348. The van der Waals surface area contributed by atoms with Gasteiger partial charge in [0.05, 0.1) is 0 Å². The Kier molecular flexibility index (Phi) is 4.40. The van der Waals surface area contributed by atoms with Crippen LogP contribution < -0.4 is 5.32 Å². The lowest BCUT2D eigenvalue weighted by molar-refractivity contribution is 0.0576. The van der Waals surface area contributed by atoms with Crippen LogP contribution in [0.2, 0.25) is 0 Å². The van der Waals surface area contributed by atoms with Gasteiger partial charge in [-0.2, -0.15) is 0 Å². The largest absolute Gasteiger partial charge is 0.508 e. The van der Waals surface area contributed by atoms with Crippen molar-refractivity contribution >= 4 is 0 Å². The topological polar surface area (TPSA) is 41.5 Å². The van der Waals surface area contributed by atoms with Crippen LogP contribution in [0.4, 0.5) is 0 Å². The molecule has 0 saturated carbocycles. The number of phenols is 1. The Labute approximate surface area is 103 Å². The molecule has 2 N–H and O–H groups in total. The predicted octanol–water partition coefficient (Wildman–Crippen LogP) is 2.12. The average Bonchev–Trinajstić information content (AvgIpc) is 2.38. The number of hydrogen-bond donors (Lipinski definition) is 2. The normalized spacial score (nSPS) is 19.1. The van der Waals surface area contributed by atoms with Crippen LogP contribution in [-0.4, -0.2) is 31.9 Å². The van der Waals surface area contributed by atoms with Crippen LogP contribution in [0.1, 0.15) is 24.3 Å². The molecule has 0 amide bonds. The second-order valence-electron chi connectivity index (χ2n) is 4.67. The van der Waals surface area contributed by atoms with Gasteiger partial charge in [0.1, 0.15) is 5.75 Å². The summed E-state index contributed by atoms with van der Waals surface area (Å²) in [7, 11) is 1.96. The minimum Gasteiger partial charge on any atom is -0.508 e. The van der Waals surface area contributed by atoms with Gasteiger partial charge in [0, 0.05) is 25.7 Å². The second kappa shape index (κ2) is 6.03. The first kappa shape index (κ1) is 12.4. The molecule has 94 valence electrons. The third kappa shape index (κ3) is 2.99. The van der Waals surface area contributed by atoms with Crippen molar-refractivity contribution in [1.29, 1.82) is 0 Å². The second-order valence-corrected chi connectivity index (χ2v) is 4.67. The van der Waals surface area contributed by atoms with Crippen LogP contribution in [0.15, 0.2) is 24.3 Å². The Morgan fingerprint density at radius 3 is 2.71 bits per heavy atom. The quantitative estimate of drug-likeness (QED) is 0.840. The van der Waals surface area contributed by atoms with Crippen molar-refractivity contribution in [1.82, 2.24) is 5.32 Å². The summed E-state index contributed by atoms with van der Waals surface area (Å²) in [5, 5.41) is 13.2. The van der Waals surface area contributed by atoms with Crippen LogP contribution in [0.5, 0.6) is 5.75 Å². The lowest BCUT2D eigenvalue weighted by Crippen LogP contribution is -2.28. The number of phenolic OH excluding ortho intramolecular Hbond substituents is 1. The van der Waals surface area contributed by atoms with E-state index in [4.69, 9.17) is 4.74 Å². The number of aromatic hydroxyl groups is 1. The molecule has 0 bridgehead atoms. The van der Waals surface area contributed by atoms with Gasteiger partial charge in [-0.1, -0.05) is 18.2 Å². The van der Waals surface area contributed by atoms with Gasteiger partial charge in [-0.05, 0) is 37.4 Å². The molecule has 1 unspecified atom stereocenters. The number of hydrogen-bond acceptors (Lipinski definition) is 3. The van der Waals surface area contributed by atoms with Crippen molar-refractivity contribution in [2.24, 2.45) is 5.92 Å². The van der Waals surface area contributed by atoms with Gasteiger partial charge in [0.15, 0.2) is 0 Å². The maximum Gasteiger partial charge on any atom is 0.119 e. The molecule has 1 heterocycles. The van der Waals surface area contributed by atoms with Crippen molar-refractivity contribution in [3.05, 3.63) is 29.8 Å². The van der Waals surface area contributed by atoms with Crippen molar-refractivity contribution < 1.29 is 9.84 Å². The minimum atomic E-state index is 0.380. The van der Waals surface area contributed by atoms with Gasteiger partial charge in [-0.15, -0.1) is 0 Å². The van der Waals surface area contributed by atoms with Crippen LogP contribution in [0.25, 0.3) is 0 Å². The molecule has 1 aliphatic rings. The standard InChI is InChI=1S/C14H21NO2/c1-15-10-13(11-6-8-17-9-7-11)12-4-2-3-5-14(12)16/h2-5,11,13,15-16H,6-10H2,1H3. The molecule has 1 atom stereocenters. The SMILES string of the molecule is CNCC(c1ccccc1O)C1CCOCC1. The van der Waals surface area contributed by atoms with Crippen molar-refractivity contribution in [3.63, 3.8) is 0 Å². The molecule has 1 aliphatic heterocycles. The van der Waals surface area contributed by atoms with Crippen molar-refractivity contribution in [2.75, 3.05) is 26.8 Å². The van der Waals surface area contributed by atoms with Gasteiger partial charge in [0.25, 0.3) is 0 Å². The molecule has 0 aromatic heterocycles. The van der Waals surface area contributed by atoms with E-state index < -0.39 is 0 Å². The van der Waals surface area contributed by atoms with Gasteiger partial charge in [-0.25, -0.2) is 0 Å². The van der Waals surface area contributed by atoms with Crippen LogP contribution in [-0.2, 0) is 4.74 Å². The zero-order valence-electron chi connectivity index (χ0n) is 10.4. The Balaban J connectivity index is 2.18. The fraction of sp³-hybridized carbons (Fsp3) is 0.571. The maximum atomic E-state index is 9.98. The van der Waals surface area contributed by atoms with Crippen LogP contribution >= 0.6 is 0 Å². The van der Waals surface area contributed by atoms with E-state index in [2.05, 4.69) is 5.32 Å². The van der Waals surface area contributed by atoms with E-state index in [0.717, 1.165) is 38.2 Å². The highest BCUT2D eigenvalue weighted by molar-refractivity contribution is 5.35. The summed E-state index contributed by atoms with van der Waals surface area (Å²) in [4.78, 5) is 0. The summed E-state index contributed by atoms with van der Waals surface area (Å²) in [6.45, 7) is 2.60. The highest BCUT2D eigenvalue weighted by Gasteiger charge is 2.26. The monoisotopic (exact) mass is 235 g/mol. The molecule has 17 heavy (non-hydrogen) atoms. The fourth-order valence-electron chi connectivity index (χ4n) is 2.67. The maximum absolute atomic E-state index is 9.98. The third-order valence-corrected chi connectivity index (χ3v) is 3.60. The van der Waals surface area contributed by atoms with Crippen LogP contribution in [0.3, 0.4) is 0 Å². The Morgan fingerprint density at radius 1 is 1.35 bits per heavy atom. The van der Waals surface area contributed by atoms with Crippen molar-refractivity contribution in [2.45, 2.75) is 18.8 Å². The van der Waals surface area contributed by atoms with E-state index in [1.54, 1.807) is 6.07 Å². The fourth-order valence-corrected chi connectivity index (χ4v) is 2.67. The molecule has 2 rings (SSSR count). The molecular weight excluding hydrogens is 214 g/mol. The zero-order chi connectivity index (χ0) is 12.1. The number of para-hydroxylation sites is 1. The summed E-state index contributed by atoms with van der Waals surface area (Å²) < 4.78 is 5.41. The average molecular weight is 235 g/mol. The van der Waals surface area contributed by atoms with E-state index in [-0.39, 0.29) is 0 Å². The van der Waals surface area contributed by atoms with Crippen LogP contribution in [0, 0.1) is 5.92 Å². The summed E-state index contributed by atoms with van der Waals surface area (Å²) in [5.74, 6) is 1.40. The first-order chi connectivity index (χ1) is 8.33. The number of nitrogens with one attached hydrogen (secondary N) is 1. The molecular formula is C14H21NO2. The molecule has 1 aromatic carbocycles. The molecule has 0 spiro atoms. The van der Waals surface area contributed by atoms with E-state index in [1.807, 2.05) is 25.2 Å². The number of rotatable bonds is 4. The highest BCUT2D eigenvalue weighted by atomic mass is 16.5. The molecule has 1 fully saturated rings. The van der Waals surface area contributed by atoms with E-state index in [0.29, 0.717) is 17.6 Å². The third-order valence-electron chi connectivity index (χ3n) is 3.60. The number of benzene rings is 1. The highest BCUT2D eigenvalue weighted by Crippen LogP contribution is 2.35. The van der Waals surface area contributed by atoms with Crippen molar-refractivity contribution in [3.8, 4) is 5.75 Å². The Morgan fingerprint density at radius 2 is 2.06 bits per heavy atom. The molecule has 0 radical (unpaired) electrons. The van der Waals surface area contributed by atoms with Gasteiger partial charge < -0.3 is 15.2 Å². The summed E-state index contributed by atoms with van der Waals surface area (Å²) in [6, 6.07) is 7.68. The summed E-state index contributed by atoms with van der Waals surface area (Å²) in [6.07, 6.45) is 2.17. The predicted molar refractivity (Wildman–Crippen MR) is 68.3 cm³/mol. The van der Waals surface area contributed by atoms with Gasteiger partial charge in [-0.3, -0.25) is 0 Å². The Hall–Kier alpha value is -1.06. The zero-order valence-corrected chi connectivity index (χ0v) is 10.4. The first-order valence-corrected chi connectivity index (χ1v) is 6.33. The molecule has 3 heteroatoms. The van der Waals surface area contributed by atoms with Gasteiger partial charge in [0.2, 0.25) is 0 Å². The van der Waals surface area contributed by atoms with E-state index in [1.165, 1.54) is 0 Å². The lowest BCUT2D eigenvalue weighted by atomic mass is 9.81. The van der Waals surface area contributed by atoms with E-state index >= 15 is 0 Å². The molecule has 1 aromatic rings. The summed E-state index contributed by atoms with van der Waals surface area (Å²) in [5.41, 5.74) is 1.06. The smallest absolute Gasteiger partial charge is 0.119 e. The molecule has 3 nitrogen and oxygen atoms in total.